The van der Waals surface area contributed by atoms with Gasteiger partial charge >= 0.3 is 42.6 Å². The molecule has 0 amide bonds. The Labute approximate surface area is 203 Å². The third-order valence-electron chi connectivity index (χ3n) is 5.35. The van der Waals surface area contributed by atoms with E-state index in [0.29, 0.717) is 19.6 Å². The first-order valence-corrected chi connectivity index (χ1v) is 16.3. The van der Waals surface area contributed by atoms with Gasteiger partial charge in [-0.25, -0.2) is 0 Å². The van der Waals surface area contributed by atoms with Gasteiger partial charge in [0.2, 0.25) is 0 Å². The van der Waals surface area contributed by atoms with Crippen LogP contribution >= 0.6 is 27.9 Å². The standard InChI is InChI=1S/C19H33N4O4.3ClH.Ti/c1-12(24)16-9-21(5)18(14(3)26)11-23(7)19(15(4)27)10-22(6)17(8-20-16)13(2)25;;;;/h16-19H,8-11H2,1-7H3;3*1H;/q-1;;;;+4/p-3. The first-order valence-electron chi connectivity index (χ1n) is 9.81. The maximum atomic E-state index is 12.2. The Morgan fingerprint density at radius 3 is 1.32 bits per heavy atom. The number of Topliss-reactive ketones (excluding diaryl/α,β-unsaturated/α-hetero) is 4. The van der Waals surface area contributed by atoms with Crippen molar-refractivity contribution in [3.8, 4) is 0 Å². The molecule has 1 aliphatic rings. The molecule has 4 atom stereocenters. The molecule has 31 heavy (non-hydrogen) atoms. The molecule has 178 valence electrons. The summed E-state index contributed by atoms with van der Waals surface area (Å²) < 4.78 is 0. The first kappa shape index (κ1) is 31.1. The Balaban J connectivity index is 0.00000206. The van der Waals surface area contributed by atoms with Gasteiger partial charge in [0.15, 0.2) is 0 Å². The molecule has 1 saturated heterocycles. The van der Waals surface area contributed by atoms with E-state index in [0.717, 1.165) is 0 Å². The molecule has 1 rings (SSSR count). The van der Waals surface area contributed by atoms with Crippen LogP contribution in [0.15, 0.2) is 0 Å². The summed E-state index contributed by atoms with van der Waals surface area (Å²) in [5.41, 5.74) is 0. The van der Waals surface area contributed by atoms with Gasteiger partial charge in [-0.2, -0.15) is 0 Å². The third-order valence-corrected chi connectivity index (χ3v) is 5.35. The Kier molecular flexibility index (Phi) is 15.1. The van der Waals surface area contributed by atoms with Gasteiger partial charge in [0, 0.05) is 19.1 Å². The van der Waals surface area contributed by atoms with Crippen LogP contribution in [0.3, 0.4) is 0 Å². The second kappa shape index (κ2) is 15.1. The van der Waals surface area contributed by atoms with Crippen LogP contribution in [0.1, 0.15) is 27.7 Å². The van der Waals surface area contributed by atoms with E-state index < -0.39 is 38.9 Å². The zero-order valence-corrected chi connectivity index (χ0v) is 23.0. The van der Waals surface area contributed by atoms with Crippen molar-refractivity contribution in [2.24, 2.45) is 0 Å². The Morgan fingerprint density at radius 1 is 0.677 bits per heavy atom. The van der Waals surface area contributed by atoms with Gasteiger partial charge in [-0.05, 0) is 55.4 Å². The number of likely N-dealkylation sites (N-methyl/N-ethyl adjacent to an activating group) is 3. The number of ketones is 4. The van der Waals surface area contributed by atoms with Crippen LogP contribution in [0.2, 0.25) is 0 Å². The molecule has 0 radical (unpaired) electrons. The first-order chi connectivity index (χ1) is 14.2. The van der Waals surface area contributed by atoms with Crippen molar-refractivity contribution in [3.05, 3.63) is 5.32 Å². The van der Waals surface area contributed by atoms with E-state index in [1.54, 1.807) is 14.1 Å². The summed E-state index contributed by atoms with van der Waals surface area (Å²) >= 11 is -1.92. The summed E-state index contributed by atoms with van der Waals surface area (Å²) in [5, 5.41) is 4.48. The van der Waals surface area contributed by atoms with E-state index >= 15 is 0 Å². The van der Waals surface area contributed by atoms with Gasteiger partial charge in [0.05, 0.1) is 12.1 Å². The SMILES string of the molecule is CC(=O)C1CN(C)C(C(C)=O)CN(C)C(C(C)=O)CN(C)C(C(C)=O)C[N-]1.[Cl][Ti+]([Cl])[Cl]. The summed E-state index contributed by atoms with van der Waals surface area (Å²) in [6, 6.07) is -1.96. The summed E-state index contributed by atoms with van der Waals surface area (Å²) in [7, 11) is 20.3. The predicted octanol–water partition coefficient (Wildman–Crippen LogP) is 2.07. The molecule has 0 aliphatic carbocycles. The predicted molar refractivity (Wildman–Crippen MR) is 122 cm³/mol. The van der Waals surface area contributed by atoms with Crippen molar-refractivity contribution in [2.75, 3.05) is 47.3 Å². The second-order valence-electron chi connectivity index (χ2n) is 7.90. The fourth-order valence-electron chi connectivity index (χ4n) is 3.48. The molecule has 8 nitrogen and oxygen atoms in total. The minimum absolute atomic E-state index is 0.0211. The van der Waals surface area contributed by atoms with Crippen molar-refractivity contribution in [2.45, 2.75) is 51.9 Å². The molecule has 12 heteroatoms. The topological polar surface area (TPSA) is 92.1 Å². The van der Waals surface area contributed by atoms with Gasteiger partial charge in [-0.15, -0.1) is 6.54 Å². The minimum atomic E-state index is -1.92. The molecular weight excluding hydrogens is 502 g/mol. The number of hydrogen-bond donors (Lipinski definition) is 0. The summed E-state index contributed by atoms with van der Waals surface area (Å²) in [6.45, 7) is 7.20. The number of carbonyl (C=O) groups excluding carboxylic acids is 4. The summed E-state index contributed by atoms with van der Waals surface area (Å²) in [4.78, 5) is 54.1. The van der Waals surface area contributed by atoms with E-state index in [1.165, 1.54) is 27.7 Å². The van der Waals surface area contributed by atoms with Crippen LogP contribution in [0.25, 0.3) is 5.32 Å². The average Bonchev–Trinajstić information content (AvgIpc) is 2.60. The molecule has 1 fully saturated rings. The number of nitrogens with zero attached hydrogens (tertiary/aromatic N) is 4. The van der Waals surface area contributed by atoms with Crippen LogP contribution in [-0.2, 0) is 33.9 Å². The van der Waals surface area contributed by atoms with Gasteiger partial charge in [0.1, 0.15) is 23.1 Å². The van der Waals surface area contributed by atoms with Crippen molar-refractivity contribution >= 4 is 51.0 Å². The van der Waals surface area contributed by atoms with Crippen LogP contribution in [0.4, 0.5) is 0 Å². The molecule has 0 N–H and O–H groups in total. The van der Waals surface area contributed by atoms with Gasteiger partial charge in [-0.1, -0.05) is 6.04 Å². The van der Waals surface area contributed by atoms with Crippen LogP contribution in [0.5, 0.6) is 0 Å². The van der Waals surface area contributed by atoms with E-state index in [4.69, 9.17) is 27.9 Å². The Morgan fingerprint density at radius 2 is 1.00 bits per heavy atom. The molecule has 0 saturated carbocycles. The normalized spacial score (nSPS) is 27.2. The molecule has 0 aromatic carbocycles. The Bertz CT molecular complexity index is 639. The molecule has 1 aliphatic heterocycles. The molecular formula is C19H33Cl3N4O4Ti. The molecule has 1 heterocycles. The van der Waals surface area contributed by atoms with E-state index in [2.05, 4.69) is 5.32 Å². The number of rotatable bonds is 4. The quantitative estimate of drug-likeness (QED) is 0.509. The van der Waals surface area contributed by atoms with Crippen LogP contribution < -0.4 is 0 Å². The molecule has 0 aromatic heterocycles. The van der Waals surface area contributed by atoms with E-state index in [1.807, 2.05) is 21.7 Å². The zero-order chi connectivity index (χ0) is 24.5. The molecule has 0 spiro atoms. The molecule has 0 bridgehead atoms. The maximum absolute atomic E-state index is 12.2. The number of halogens is 3. The Hall–Kier alpha value is 0.104. The van der Waals surface area contributed by atoms with Crippen LogP contribution in [0, 0.1) is 0 Å². The van der Waals surface area contributed by atoms with Gasteiger partial charge < -0.3 is 10.1 Å². The number of hydrogen-bond acceptors (Lipinski definition) is 7. The van der Waals surface area contributed by atoms with Crippen molar-refractivity contribution in [3.63, 3.8) is 0 Å². The third kappa shape index (κ3) is 11.7. The van der Waals surface area contributed by atoms with Crippen LogP contribution in [-0.4, -0.2) is 109 Å². The van der Waals surface area contributed by atoms with Crippen molar-refractivity contribution in [1.29, 1.82) is 0 Å². The molecule has 4 unspecified atom stereocenters. The fraction of sp³-hybridized carbons (Fsp3) is 0.789. The second-order valence-corrected chi connectivity index (χ2v) is 15.6. The average molecular weight is 536 g/mol. The summed E-state index contributed by atoms with van der Waals surface area (Å²) in [5.74, 6) is -0.199. The zero-order valence-electron chi connectivity index (χ0n) is 19.2. The monoisotopic (exact) mass is 534 g/mol. The van der Waals surface area contributed by atoms with E-state index in [-0.39, 0.29) is 29.7 Å². The van der Waals surface area contributed by atoms with Gasteiger partial charge in [0.25, 0.3) is 0 Å². The molecule has 0 aromatic rings. The summed E-state index contributed by atoms with van der Waals surface area (Å²) in [6.07, 6.45) is 0. The van der Waals surface area contributed by atoms with Crippen molar-refractivity contribution in [1.82, 2.24) is 14.7 Å². The van der Waals surface area contributed by atoms with Gasteiger partial charge in [-0.3, -0.25) is 29.1 Å². The number of carbonyl (C=O) groups is 4. The van der Waals surface area contributed by atoms with Crippen molar-refractivity contribution < 1.29 is 33.9 Å². The van der Waals surface area contributed by atoms with E-state index in [9.17, 15) is 19.2 Å². The fourth-order valence-corrected chi connectivity index (χ4v) is 3.48.